The maximum absolute atomic E-state index is 10.0. The van der Waals surface area contributed by atoms with Gasteiger partial charge in [-0.15, -0.1) is 0 Å². The van der Waals surface area contributed by atoms with Crippen LogP contribution in [-0.4, -0.2) is 47.0 Å². The highest BCUT2D eigenvalue weighted by Crippen LogP contribution is 2.25. The maximum Gasteiger partial charge on any atom is 0.0926 e. The first-order valence-electron chi connectivity index (χ1n) is 8.51. The molecule has 1 heterocycles. The zero-order valence-corrected chi connectivity index (χ0v) is 13.8. The first kappa shape index (κ1) is 17.1. The summed E-state index contributed by atoms with van der Waals surface area (Å²) < 4.78 is 5.97. The van der Waals surface area contributed by atoms with E-state index in [0.29, 0.717) is 26.2 Å². The van der Waals surface area contributed by atoms with Crippen molar-refractivity contribution in [1.29, 1.82) is 0 Å². The van der Waals surface area contributed by atoms with Gasteiger partial charge in [-0.2, -0.15) is 0 Å². The normalized spacial score (nSPS) is 23.1. The standard InChI is InChI=1S/C20H25NO3/c22-19-11-12-21(13-20(19)23)18(17-9-5-2-6-10-17)15-24-14-16-7-3-1-4-8-16/h1-10,18-20,22-23H,11-15H2. The number of ether oxygens (including phenoxy) is 1. The highest BCUT2D eigenvalue weighted by molar-refractivity contribution is 5.20. The van der Waals surface area contributed by atoms with Crippen LogP contribution in [0, 0.1) is 0 Å². The van der Waals surface area contributed by atoms with Crippen LogP contribution >= 0.6 is 0 Å². The summed E-state index contributed by atoms with van der Waals surface area (Å²) in [6, 6.07) is 20.4. The average molecular weight is 327 g/mol. The van der Waals surface area contributed by atoms with Crippen LogP contribution in [0.15, 0.2) is 60.7 Å². The van der Waals surface area contributed by atoms with Crippen molar-refractivity contribution in [3.05, 3.63) is 71.8 Å². The number of rotatable bonds is 6. The van der Waals surface area contributed by atoms with Crippen LogP contribution in [0.25, 0.3) is 0 Å². The summed E-state index contributed by atoms with van der Waals surface area (Å²) in [5, 5.41) is 19.8. The molecule has 4 heteroatoms. The van der Waals surface area contributed by atoms with Gasteiger partial charge < -0.3 is 14.9 Å². The lowest BCUT2D eigenvalue weighted by Gasteiger charge is -2.38. The van der Waals surface area contributed by atoms with Crippen LogP contribution in [0.4, 0.5) is 0 Å². The van der Waals surface area contributed by atoms with Crippen LogP contribution in [0.5, 0.6) is 0 Å². The molecule has 4 nitrogen and oxygen atoms in total. The zero-order valence-electron chi connectivity index (χ0n) is 13.8. The third-order valence-electron chi connectivity index (χ3n) is 4.59. The lowest BCUT2D eigenvalue weighted by Crippen LogP contribution is -2.48. The summed E-state index contributed by atoms with van der Waals surface area (Å²) >= 11 is 0. The van der Waals surface area contributed by atoms with Crippen LogP contribution in [0.1, 0.15) is 23.6 Å². The predicted octanol–water partition coefficient (Wildman–Crippen LogP) is 2.37. The number of benzene rings is 2. The van der Waals surface area contributed by atoms with Gasteiger partial charge in [-0.1, -0.05) is 60.7 Å². The third kappa shape index (κ3) is 4.42. The van der Waals surface area contributed by atoms with E-state index < -0.39 is 12.2 Å². The van der Waals surface area contributed by atoms with E-state index in [9.17, 15) is 10.2 Å². The maximum atomic E-state index is 10.0. The lowest BCUT2D eigenvalue weighted by atomic mass is 9.99. The molecule has 1 aliphatic heterocycles. The Morgan fingerprint density at radius 2 is 1.62 bits per heavy atom. The van der Waals surface area contributed by atoms with Crippen LogP contribution in [-0.2, 0) is 11.3 Å². The average Bonchev–Trinajstić information content (AvgIpc) is 2.63. The van der Waals surface area contributed by atoms with E-state index in [1.165, 1.54) is 5.56 Å². The van der Waals surface area contributed by atoms with Gasteiger partial charge in [0, 0.05) is 13.1 Å². The highest BCUT2D eigenvalue weighted by atomic mass is 16.5. The first-order chi connectivity index (χ1) is 11.7. The second kappa shape index (κ2) is 8.40. The van der Waals surface area contributed by atoms with E-state index in [1.807, 2.05) is 36.4 Å². The summed E-state index contributed by atoms with van der Waals surface area (Å²) in [5.74, 6) is 0. The molecule has 0 amide bonds. The van der Waals surface area contributed by atoms with Crippen molar-refractivity contribution in [1.82, 2.24) is 4.90 Å². The van der Waals surface area contributed by atoms with Crippen molar-refractivity contribution in [2.45, 2.75) is 31.3 Å². The van der Waals surface area contributed by atoms with Gasteiger partial charge >= 0.3 is 0 Å². The minimum atomic E-state index is -0.695. The Bertz CT molecular complexity index is 605. The van der Waals surface area contributed by atoms with E-state index in [4.69, 9.17) is 4.74 Å². The first-order valence-corrected chi connectivity index (χ1v) is 8.51. The van der Waals surface area contributed by atoms with Crippen molar-refractivity contribution in [2.75, 3.05) is 19.7 Å². The molecule has 2 aromatic carbocycles. The molecule has 0 aliphatic carbocycles. The molecule has 1 fully saturated rings. The molecule has 0 aromatic heterocycles. The molecule has 0 bridgehead atoms. The Morgan fingerprint density at radius 1 is 0.958 bits per heavy atom. The summed E-state index contributed by atoms with van der Waals surface area (Å²) in [6.07, 6.45) is -0.731. The van der Waals surface area contributed by atoms with Gasteiger partial charge in [0.05, 0.1) is 31.5 Å². The minimum Gasteiger partial charge on any atom is -0.390 e. The van der Waals surface area contributed by atoms with Crippen molar-refractivity contribution >= 4 is 0 Å². The third-order valence-corrected chi connectivity index (χ3v) is 4.59. The Balaban J connectivity index is 1.66. The van der Waals surface area contributed by atoms with E-state index >= 15 is 0 Å². The molecule has 0 spiro atoms. The Labute approximate surface area is 143 Å². The number of aliphatic hydroxyl groups excluding tert-OH is 2. The molecule has 2 N–H and O–H groups in total. The second-order valence-corrected chi connectivity index (χ2v) is 6.35. The van der Waals surface area contributed by atoms with Gasteiger partial charge in [0.2, 0.25) is 0 Å². The minimum absolute atomic E-state index is 0.0806. The Kier molecular flexibility index (Phi) is 5.99. The molecule has 2 aromatic rings. The van der Waals surface area contributed by atoms with E-state index in [0.717, 1.165) is 12.1 Å². The fourth-order valence-corrected chi connectivity index (χ4v) is 3.18. The SMILES string of the molecule is OC1CCN(C(COCc2ccccc2)c2ccccc2)CC1O. The number of hydrogen-bond acceptors (Lipinski definition) is 4. The molecule has 3 rings (SSSR count). The summed E-state index contributed by atoms with van der Waals surface area (Å²) in [5.41, 5.74) is 2.33. The van der Waals surface area contributed by atoms with Gasteiger partial charge in [-0.05, 0) is 17.5 Å². The van der Waals surface area contributed by atoms with Gasteiger partial charge in [-0.25, -0.2) is 0 Å². The summed E-state index contributed by atoms with van der Waals surface area (Å²) in [4.78, 5) is 2.21. The van der Waals surface area contributed by atoms with Crippen LogP contribution in [0.2, 0.25) is 0 Å². The number of aliphatic hydroxyl groups is 2. The largest absolute Gasteiger partial charge is 0.390 e. The van der Waals surface area contributed by atoms with Crippen molar-refractivity contribution in [3.63, 3.8) is 0 Å². The Hall–Kier alpha value is -1.72. The van der Waals surface area contributed by atoms with Crippen LogP contribution < -0.4 is 0 Å². The summed E-state index contributed by atoms with van der Waals surface area (Å²) in [7, 11) is 0. The zero-order chi connectivity index (χ0) is 16.8. The fourth-order valence-electron chi connectivity index (χ4n) is 3.18. The van der Waals surface area contributed by atoms with Gasteiger partial charge in [0.15, 0.2) is 0 Å². The van der Waals surface area contributed by atoms with Crippen molar-refractivity contribution < 1.29 is 14.9 Å². The monoisotopic (exact) mass is 327 g/mol. The molecule has 0 radical (unpaired) electrons. The number of piperidine rings is 1. The molecule has 0 saturated carbocycles. The van der Waals surface area contributed by atoms with Crippen molar-refractivity contribution in [3.8, 4) is 0 Å². The number of β-amino-alcohol motifs (C(OH)–C–C–N with tert-alkyl or cyclic N) is 1. The molecular formula is C20H25NO3. The molecule has 3 atom stereocenters. The number of likely N-dealkylation sites (tertiary alicyclic amines) is 1. The number of nitrogens with zero attached hydrogens (tertiary/aromatic N) is 1. The van der Waals surface area contributed by atoms with E-state index in [2.05, 4.69) is 29.2 Å². The second-order valence-electron chi connectivity index (χ2n) is 6.35. The molecule has 1 saturated heterocycles. The van der Waals surface area contributed by atoms with E-state index in [1.54, 1.807) is 0 Å². The molecule has 1 aliphatic rings. The highest BCUT2D eigenvalue weighted by Gasteiger charge is 2.30. The molecule has 128 valence electrons. The molecule has 3 unspecified atom stereocenters. The summed E-state index contributed by atoms with van der Waals surface area (Å²) in [6.45, 7) is 2.35. The van der Waals surface area contributed by atoms with Gasteiger partial charge in [0.1, 0.15) is 0 Å². The fraction of sp³-hybridized carbons (Fsp3) is 0.400. The van der Waals surface area contributed by atoms with Crippen LogP contribution in [0.3, 0.4) is 0 Å². The lowest BCUT2D eigenvalue weighted by molar-refractivity contribution is -0.0615. The molecule has 24 heavy (non-hydrogen) atoms. The topological polar surface area (TPSA) is 52.9 Å². The quantitative estimate of drug-likeness (QED) is 0.855. The predicted molar refractivity (Wildman–Crippen MR) is 93.5 cm³/mol. The van der Waals surface area contributed by atoms with Crippen molar-refractivity contribution in [2.24, 2.45) is 0 Å². The van der Waals surface area contributed by atoms with Gasteiger partial charge in [0.25, 0.3) is 0 Å². The smallest absolute Gasteiger partial charge is 0.0926 e. The number of hydrogen-bond donors (Lipinski definition) is 2. The van der Waals surface area contributed by atoms with E-state index in [-0.39, 0.29) is 6.04 Å². The van der Waals surface area contributed by atoms with Gasteiger partial charge in [-0.3, -0.25) is 4.90 Å². The Morgan fingerprint density at radius 3 is 2.29 bits per heavy atom. The molecular weight excluding hydrogens is 302 g/mol.